The van der Waals surface area contributed by atoms with Crippen LogP contribution in [0.5, 0.6) is 0 Å². The number of benzene rings is 1. The molecular formula is C19H17N5O4. The van der Waals surface area contributed by atoms with Crippen molar-refractivity contribution in [2.45, 2.75) is 20.3 Å². The summed E-state index contributed by atoms with van der Waals surface area (Å²) in [6.07, 6.45) is 1.42. The van der Waals surface area contributed by atoms with Crippen LogP contribution in [0.2, 0.25) is 0 Å². The summed E-state index contributed by atoms with van der Waals surface area (Å²) in [6, 6.07) is 6.64. The molecule has 0 unspecified atom stereocenters. The number of carbonyl (C=O) groups is 3. The van der Waals surface area contributed by atoms with Gasteiger partial charge in [-0.2, -0.15) is 10.1 Å². The second-order valence-electron chi connectivity index (χ2n) is 6.44. The first-order valence-corrected chi connectivity index (χ1v) is 8.74. The van der Waals surface area contributed by atoms with E-state index in [1.54, 1.807) is 35.7 Å². The van der Waals surface area contributed by atoms with Gasteiger partial charge >= 0.3 is 5.97 Å². The molecule has 0 radical (unpaired) electrons. The molecule has 3 heterocycles. The van der Waals surface area contributed by atoms with Crippen LogP contribution in [0.15, 0.2) is 30.6 Å². The minimum Gasteiger partial charge on any atom is -0.464 e. The number of rotatable bonds is 5. The Morgan fingerprint density at radius 2 is 1.79 bits per heavy atom. The average Bonchev–Trinajstić information content (AvgIpc) is 3.24. The number of esters is 1. The quantitative estimate of drug-likeness (QED) is 0.483. The number of imide groups is 1. The van der Waals surface area contributed by atoms with Crippen molar-refractivity contribution in [3.8, 4) is 0 Å². The molecule has 28 heavy (non-hydrogen) atoms. The molecule has 0 atom stereocenters. The van der Waals surface area contributed by atoms with Crippen molar-refractivity contribution < 1.29 is 19.1 Å². The molecule has 142 valence electrons. The molecule has 1 aromatic carbocycles. The standard InChI is InChI=1S/C19H17N5O4/c1-11-15(12(2)24-19(22-11)20-10-21-24)9-16(25)28-8-7-23-17(26)13-5-3-4-6-14(13)18(23)27/h3-6,10H,7-9H2,1-2H3. The van der Waals surface area contributed by atoms with E-state index in [-0.39, 0.29) is 31.4 Å². The summed E-state index contributed by atoms with van der Waals surface area (Å²) in [7, 11) is 0. The molecule has 0 saturated heterocycles. The summed E-state index contributed by atoms with van der Waals surface area (Å²) >= 11 is 0. The highest BCUT2D eigenvalue weighted by atomic mass is 16.5. The molecule has 9 nitrogen and oxygen atoms in total. The molecule has 1 aliphatic rings. The number of aryl methyl sites for hydroxylation is 2. The van der Waals surface area contributed by atoms with E-state index in [1.807, 2.05) is 6.92 Å². The Morgan fingerprint density at radius 1 is 1.11 bits per heavy atom. The topological polar surface area (TPSA) is 107 Å². The van der Waals surface area contributed by atoms with Gasteiger partial charge in [-0.25, -0.2) is 9.50 Å². The zero-order valence-electron chi connectivity index (χ0n) is 15.4. The van der Waals surface area contributed by atoms with E-state index in [0.717, 1.165) is 10.6 Å². The van der Waals surface area contributed by atoms with Gasteiger partial charge in [-0.1, -0.05) is 12.1 Å². The van der Waals surface area contributed by atoms with Gasteiger partial charge in [-0.3, -0.25) is 19.3 Å². The van der Waals surface area contributed by atoms with E-state index < -0.39 is 5.97 Å². The fourth-order valence-corrected chi connectivity index (χ4v) is 3.30. The van der Waals surface area contributed by atoms with E-state index in [4.69, 9.17) is 4.74 Å². The maximum absolute atomic E-state index is 12.3. The molecule has 9 heteroatoms. The number of amides is 2. The number of aromatic nitrogens is 4. The number of nitrogens with zero attached hydrogens (tertiary/aromatic N) is 5. The minimum atomic E-state index is -0.468. The van der Waals surface area contributed by atoms with Gasteiger partial charge in [0.25, 0.3) is 17.6 Å². The highest BCUT2D eigenvalue weighted by Crippen LogP contribution is 2.22. The largest absolute Gasteiger partial charge is 0.464 e. The minimum absolute atomic E-state index is 0.0103. The summed E-state index contributed by atoms with van der Waals surface area (Å²) in [4.78, 5) is 46.3. The van der Waals surface area contributed by atoms with Gasteiger partial charge in [-0.05, 0) is 26.0 Å². The molecule has 0 bridgehead atoms. The molecule has 3 aromatic rings. The zero-order valence-corrected chi connectivity index (χ0v) is 15.4. The van der Waals surface area contributed by atoms with Crippen LogP contribution in [0.1, 0.15) is 37.7 Å². The maximum Gasteiger partial charge on any atom is 0.310 e. The Hall–Kier alpha value is -3.62. The SMILES string of the molecule is Cc1nc2ncnn2c(C)c1CC(=O)OCCN1C(=O)c2ccccc2C1=O. The molecule has 2 amide bonds. The monoisotopic (exact) mass is 379 g/mol. The Bertz CT molecular complexity index is 1090. The van der Waals surface area contributed by atoms with E-state index in [0.29, 0.717) is 28.2 Å². The molecule has 0 fully saturated rings. The third-order valence-electron chi connectivity index (χ3n) is 4.77. The number of hydrogen-bond acceptors (Lipinski definition) is 7. The zero-order chi connectivity index (χ0) is 19.8. The third-order valence-corrected chi connectivity index (χ3v) is 4.77. The van der Waals surface area contributed by atoms with Crippen LogP contribution in [0.3, 0.4) is 0 Å². The second-order valence-corrected chi connectivity index (χ2v) is 6.44. The molecule has 0 spiro atoms. The number of hydrogen-bond donors (Lipinski definition) is 0. The van der Waals surface area contributed by atoms with Crippen LogP contribution in [0.25, 0.3) is 5.78 Å². The van der Waals surface area contributed by atoms with Crippen LogP contribution in [0.4, 0.5) is 0 Å². The normalized spacial score (nSPS) is 13.3. The van der Waals surface area contributed by atoms with Gasteiger partial charge < -0.3 is 4.74 Å². The van der Waals surface area contributed by atoms with Crippen molar-refractivity contribution in [1.29, 1.82) is 0 Å². The molecule has 2 aromatic heterocycles. The van der Waals surface area contributed by atoms with Crippen LogP contribution < -0.4 is 0 Å². The van der Waals surface area contributed by atoms with Crippen molar-refractivity contribution in [2.75, 3.05) is 13.2 Å². The fourth-order valence-electron chi connectivity index (χ4n) is 3.30. The summed E-state index contributed by atoms with van der Waals surface area (Å²) < 4.78 is 6.81. The van der Waals surface area contributed by atoms with Crippen molar-refractivity contribution in [2.24, 2.45) is 0 Å². The molecule has 0 aliphatic carbocycles. The first kappa shape index (κ1) is 17.8. The molecule has 0 N–H and O–H groups in total. The highest BCUT2D eigenvalue weighted by Gasteiger charge is 2.34. The Kier molecular flexibility index (Phi) is 4.34. The van der Waals surface area contributed by atoms with Crippen molar-refractivity contribution in [3.05, 3.63) is 58.7 Å². The van der Waals surface area contributed by atoms with Gasteiger partial charge in [0, 0.05) is 17.0 Å². The van der Waals surface area contributed by atoms with E-state index in [9.17, 15) is 14.4 Å². The van der Waals surface area contributed by atoms with Crippen LogP contribution in [0, 0.1) is 13.8 Å². The Balaban J connectivity index is 1.39. The average molecular weight is 379 g/mol. The van der Waals surface area contributed by atoms with Gasteiger partial charge in [-0.15, -0.1) is 0 Å². The fraction of sp³-hybridized carbons (Fsp3) is 0.263. The van der Waals surface area contributed by atoms with Gasteiger partial charge in [0.05, 0.1) is 24.1 Å². The third kappa shape index (κ3) is 2.90. The number of carbonyl (C=O) groups excluding carboxylic acids is 3. The summed E-state index contributed by atoms with van der Waals surface area (Å²) in [5.41, 5.74) is 2.89. The second kappa shape index (κ2) is 6.84. The number of ether oxygens (including phenoxy) is 1. The molecule has 0 saturated carbocycles. The van der Waals surface area contributed by atoms with E-state index in [1.165, 1.54) is 6.33 Å². The lowest BCUT2D eigenvalue weighted by atomic mass is 10.1. The summed E-state index contributed by atoms with van der Waals surface area (Å²) in [5, 5.41) is 4.09. The lowest BCUT2D eigenvalue weighted by Crippen LogP contribution is -2.33. The van der Waals surface area contributed by atoms with Crippen LogP contribution in [-0.4, -0.2) is 55.4 Å². The maximum atomic E-state index is 12.3. The molecule has 1 aliphatic heterocycles. The first-order chi connectivity index (χ1) is 13.5. The van der Waals surface area contributed by atoms with Crippen LogP contribution >= 0.6 is 0 Å². The predicted octanol–water partition coefficient (Wildman–Crippen LogP) is 1.12. The first-order valence-electron chi connectivity index (χ1n) is 8.74. The Labute approximate surface area is 160 Å². The van der Waals surface area contributed by atoms with Gasteiger partial charge in [0.15, 0.2) is 0 Å². The lowest BCUT2D eigenvalue weighted by molar-refractivity contribution is -0.143. The summed E-state index contributed by atoms with van der Waals surface area (Å²) in [6.45, 7) is 3.57. The molecular weight excluding hydrogens is 362 g/mol. The number of fused-ring (bicyclic) bond motifs is 2. The summed E-state index contributed by atoms with van der Waals surface area (Å²) in [5.74, 6) is -0.741. The van der Waals surface area contributed by atoms with Crippen molar-refractivity contribution in [1.82, 2.24) is 24.5 Å². The van der Waals surface area contributed by atoms with Crippen molar-refractivity contribution >= 4 is 23.6 Å². The van der Waals surface area contributed by atoms with E-state index in [2.05, 4.69) is 15.1 Å². The van der Waals surface area contributed by atoms with Crippen molar-refractivity contribution in [3.63, 3.8) is 0 Å². The van der Waals surface area contributed by atoms with E-state index >= 15 is 0 Å². The van der Waals surface area contributed by atoms with Crippen LogP contribution in [-0.2, 0) is 16.0 Å². The van der Waals surface area contributed by atoms with Gasteiger partial charge in [0.1, 0.15) is 12.9 Å². The lowest BCUT2D eigenvalue weighted by Gasteiger charge is -2.14. The molecule has 4 rings (SSSR count). The smallest absolute Gasteiger partial charge is 0.310 e. The van der Waals surface area contributed by atoms with Gasteiger partial charge in [0.2, 0.25) is 0 Å². The highest BCUT2D eigenvalue weighted by molar-refractivity contribution is 6.21. The Morgan fingerprint density at radius 3 is 2.46 bits per heavy atom. The predicted molar refractivity (Wildman–Crippen MR) is 96.7 cm³/mol.